The van der Waals surface area contributed by atoms with E-state index < -0.39 is 0 Å². The molecule has 1 aromatic heterocycles. The summed E-state index contributed by atoms with van der Waals surface area (Å²) in [5, 5.41) is 18.3. The monoisotopic (exact) mass is 248 g/mol. The molecule has 3 heteroatoms. The average Bonchev–Trinajstić information content (AvgIpc) is 2.47. The molecular formula is C16H12N2O. The predicted octanol–water partition coefficient (Wildman–Crippen LogP) is 1.70. The molecule has 0 aliphatic heterocycles. The molecule has 0 saturated heterocycles. The Kier molecular flexibility index (Phi) is 2.94. The number of benzene rings is 2. The van der Waals surface area contributed by atoms with Crippen LogP contribution in [0.1, 0.15) is 5.56 Å². The van der Waals surface area contributed by atoms with Crippen molar-refractivity contribution in [3.05, 3.63) is 78.6 Å². The van der Waals surface area contributed by atoms with Crippen molar-refractivity contribution < 1.29 is 9.78 Å². The smallest absolute Gasteiger partial charge is 0.202 e. The zero-order chi connectivity index (χ0) is 13.1. The second-order valence-electron chi connectivity index (χ2n) is 4.19. The fraction of sp³-hybridized carbons (Fsp3) is 0. The Balaban J connectivity index is 2.12. The van der Waals surface area contributed by atoms with E-state index in [0.29, 0.717) is 5.56 Å². The number of aromatic nitrogens is 1. The molecule has 0 saturated carbocycles. The van der Waals surface area contributed by atoms with Crippen LogP contribution in [0.5, 0.6) is 0 Å². The van der Waals surface area contributed by atoms with Crippen LogP contribution in [-0.4, -0.2) is 5.90 Å². The van der Waals surface area contributed by atoms with Gasteiger partial charge in [-0.05, 0) is 21.4 Å². The Bertz CT molecular complexity index is 731. The minimum absolute atomic E-state index is 0.243. The summed E-state index contributed by atoms with van der Waals surface area (Å²) in [5.41, 5.74) is 0.620. The highest BCUT2D eigenvalue weighted by molar-refractivity contribution is 6.04. The molecule has 1 heterocycles. The molecular weight excluding hydrogens is 236 g/mol. The molecule has 3 nitrogen and oxygen atoms in total. The van der Waals surface area contributed by atoms with E-state index in [0.717, 1.165) is 10.8 Å². The summed E-state index contributed by atoms with van der Waals surface area (Å²) < 4.78 is 1.52. The summed E-state index contributed by atoms with van der Waals surface area (Å²) >= 11 is 0. The molecule has 3 aromatic rings. The second-order valence-corrected chi connectivity index (χ2v) is 4.19. The fourth-order valence-corrected chi connectivity index (χ4v) is 2.03. The van der Waals surface area contributed by atoms with Crippen molar-refractivity contribution in [3.8, 4) is 0 Å². The minimum atomic E-state index is -0.243. The molecule has 0 fully saturated rings. The van der Waals surface area contributed by atoms with Crippen molar-refractivity contribution in [3.63, 3.8) is 0 Å². The van der Waals surface area contributed by atoms with Gasteiger partial charge in [0.2, 0.25) is 12.4 Å². The van der Waals surface area contributed by atoms with Gasteiger partial charge >= 0.3 is 0 Å². The van der Waals surface area contributed by atoms with Crippen LogP contribution < -0.4 is 9.78 Å². The van der Waals surface area contributed by atoms with Crippen LogP contribution in [-0.2, 0) is 0 Å². The molecule has 0 spiro atoms. The number of hydrogen-bond acceptors (Lipinski definition) is 2. The van der Waals surface area contributed by atoms with Crippen LogP contribution in [0, 0.1) is 0 Å². The largest absolute Gasteiger partial charge is 0.854 e. The molecule has 92 valence electrons. The third-order valence-electron chi connectivity index (χ3n) is 2.93. The normalized spacial score (nSPS) is 11.7. The molecule has 19 heavy (non-hydrogen) atoms. The lowest BCUT2D eigenvalue weighted by Crippen LogP contribution is -2.33. The molecule has 0 aliphatic carbocycles. The first-order valence-corrected chi connectivity index (χ1v) is 6.05. The molecule has 3 rings (SSSR count). The molecule has 0 atom stereocenters. The van der Waals surface area contributed by atoms with Gasteiger partial charge in [-0.3, -0.25) is 0 Å². The van der Waals surface area contributed by atoms with E-state index in [1.807, 2.05) is 54.6 Å². The topological polar surface area (TPSA) is 39.3 Å². The van der Waals surface area contributed by atoms with Gasteiger partial charge in [-0.1, -0.05) is 53.2 Å². The number of pyridine rings is 1. The zero-order valence-electron chi connectivity index (χ0n) is 10.2. The second kappa shape index (κ2) is 4.90. The number of fused-ring (bicyclic) bond motifs is 1. The molecule has 0 bridgehead atoms. The molecule has 0 radical (unpaired) electrons. The lowest BCUT2D eigenvalue weighted by Gasteiger charge is -2.10. The van der Waals surface area contributed by atoms with Crippen molar-refractivity contribution in [1.29, 1.82) is 0 Å². The summed E-state index contributed by atoms with van der Waals surface area (Å²) in [6, 6.07) is 19.0. The van der Waals surface area contributed by atoms with E-state index >= 15 is 0 Å². The van der Waals surface area contributed by atoms with Crippen molar-refractivity contribution in [2.24, 2.45) is 5.10 Å². The third-order valence-corrected chi connectivity index (χ3v) is 2.93. The first-order chi connectivity index (χ1) is 9.34. The fourth-order valence-electron chi connectivity index (χ4n) is 2.03. The van der Waals surface area contributed by atoms with Gasteiger partial charge in [-0.15, -0.1) is 0 Å². The number of rotatable bonds is 2. The standard InChI is InChI=1S/C16H12N2O/c19-16(17-18-11-4-1-5-12-18)15-10-6-8-13-7-2-3-9-14(13)15/h1-12H. The minimum Gasteiger partial charge on any atom is -0.854 e. The van der Waals surface area contributed by atoms with E-state index in [1.54, 1.807) is 18.5 Å². The molecule has 0 unspecified atom stereocenters. The van der Waals surface area contributed by atoms with Crippen LogP contribution in [0.4, 0.5) is 0 Å². The first kappa shape index (κ1) is 11.4. The van der Waals surface area contributed by atoms with Crippen molar-refractivity contribution in [2.75, 3.05) is 0 Å². The van der Waals surface area contributed by atoms with Gasteiger partial charge in [-0.2, -0.15) is 0 Å². The third kappa shape index (κ3) is 2.31. The summed E-state index contributed by atoms with van der Waals surface area (Å²) in [6.45, 7) is 0. The quantitative estimate of drug-likeness (QED) is 0.386. The van der Waals surface area contributed by atoms with Gasteiger partial charge in [0.25, 0.3) is 0 Å². The molecule has 2 aromatic carbocycles. The van der Waals surface area contributed by atoms with Crippen LogP contribution >= 0.6 is 0 Å². The average molecular weight is 248 g/mol. The summed E-state index contributed by atoms with van der Waals surface area (Å²) in [6.07, 6.45) is 3.48. The highest BCUT2D eigenvalue weighted by atomic mass is 16.3. The maximum atomic E-state index is 12.2. The van der Waals surface area contributed by atoms with E-state index in [1.165, 1.54) is 4.68 Å². The Morgan fingerprint density at radius 1 is 0.842 bits per heavy atom. The Hall–Kier alpha value is -2.68. The molecule has 0 N–H and O–H groups in total. The van der Waals surface area contributed by atoms with Crippen LogP contribution in [0.25, 0.3) is 10.8 Å². The Morgan fingerprint density at radius 2 is 1.58 bits per heavy atom. The highest BCUT2D eigenvalue weighted by Crippen LogP contribution is 2.17. The Labute approximate surface area is 111 Å². The van der Waals surface area contributed by atoms with Gasteiger partial charge in [0.15, 0.2) is 0 Å². The van der Waals surface area contributed by atoms with E-state index in [4.69, 9.17) is 0 Å². The van der Waals surface area contributed by atoms with E-state index in [-0.39, 0.29) is 5.90 Å². The predicted molar refractivity (Wildman–Crippen MR) is 72.5 cm³/mol. The maximum absolute atomic E-state index is 12.2. The Morgan fingerprint density at radius 3 is 2.42 bits per heavy atom. The summed E-state index contributed by atoms with van der Waals surface area (Å²) in [7, 11) is 0. The van der Waals surface area contributed by atoms with Crippen molar-refractivity contribution in [1.82, 2.24) is 0 Å². The number of nitrogens with zero attached hydrogens (tertiary/aromatic N) is 2. The zero-order valence-corrected chi connectivity index (χ0v) is 10.2. The van der Waals surface area contributed by atoms with Crippen LogP contribution in [0.2, 0.25) is 0 Å². The van der Waals surface area contributed by atoms with Gasteiger partial charge in [0.1, 0.15) is 0 Å². The summed E-state index contributed by atoms with van der Waals surface area (Å²) in [5.74, 6) is -0.243. The highest BCUT2D eigenvalue weighted by Gasteiger charge is 2.02. The molecule has 0 aliphatic rings. The van der Waals surface area contributed by atoms with Crippen molar-refractivity contribution in [2.45, 2.75) is 0 Å². The summed E-state index contributed by atoms with van der Waals surface area (Å²) in [4.78, 5) is 0. The number of hydrogen-bond donors (Lipinski definition) is 0. The van der Waals surface area contributed by atoms with Gasteiger partial charge in [-0.25, -0.2) is 0 Å². The van der Waals surface area contributed by atoms with E-state index in [9.17, 15) is 5.11 Å². The van der Waals surface area contributed by atoms with Crippen LogP contribution in [0.15, 0.2) is 78.2 Å². The lowest BCUT2D eigenvalue weighted by molar-refractivity contribution is -0.681. The lowest BCUT2D eigenvalue weighted by atomic mass is 10.0. The van der Waals surface area contributed by atoms with Crippen molar-refractivity contribution >= 4 is 16.7 Å². The van der Waals surface area contributed by atoms with Gasteiger partial charge in [0, 0.05) is 12.1 Å². The van der Waals surface area contributed by atoms with Crippen LogP contribution in [0.3, 0.4) is 0 Å². The molecule has 0 amide bonds. The van der Waals surface area contributed by atoms with Gasteiger partial charge < -0.3 is 5.11 Å². The SMILES string of the molecule is [O-]/C(=N\[n+]1ccccc1)c1cccc2ccccc12. The van der Waals surface area contributed by atoms with E-state index in [2.05, 4.69) is 5.10 Å². The maximum Gasteiger partial charge on any atom is 0.202 e. The first-order valence-electron chi connectivity index (χ1n) is 6.05. The van der Waals surface area contributed by atoms with Gasteiger partial charge in [0.05, 0.1) is 5.90 Å².